The van der Waals surface area contributed by atoms with E-state index in [0.29, 0.717) is 6.42 Å². The van der Waals surface area contributed by atoms with Crippen molar-refractivity contribution in [1.82, 2.24) is 4.90 Å². The lowest BCUT2D eigenvalue weighted by Crippen LogP contribution is -2.44. The zero-order valence-electron chi connectivity index (χ0n) is 8.02. The predicted molar refractivity (Wildman–Crippen MR) is 47.4 cm³/mol. The summed E-state index contributed by atoms with van der Waals surface area (Å²) in [5.41, 5.74) is 0. The van der Waals surface area contributed by atoms with Gasteiger partial charge >= 0.3 is 5.97 Å². The molecule has 1 aliphatic rings. The zero-order valence-corrected chi connectivity index (χ0v) is 8.02. The van der Waals surface area contributed by atoms with Gasteiger partial charge in [0, 0.05) is 19.4 Å². The molecule has 0 spiro atoms. The molecule has 1 aliphatic heterocycles. The number of amides is 2. The maximum absolute atomic E-state index is 11.4. The smallest absolute Gasteiger partial charge is 0.307 e. The Morgan fingerprint density at radius 3 is 2.64 bits per heavy atom. The SMILES string of the molecule is CCC(=O)N1CCC(C(=O)O)CC1=O. The Kier molecular flexibility index (Phi) is 3.22. The highest BCUT2D eigenvalue weighted by atomic mass is 16.4. The van der Waals surface area contributed by atoms with Gasteiger partial charge in [-0.25, -0.2) is 0 Å². The fraction of sp³-hybridized carbons (Fsp3) is 0.667. The molecule has 1 N–H and O–H groups in total. The first-order chi connectivity index (χ1) is 6.56. The monoisotopic (exact) mass is 199 g/mol. The lowest BCUT2D eigenvalue weighted by Gasteiger charge is -2.27. The van der Waals surface area contributed by atoms with Crippen molar-refractivity contribution in [3.63, 3.8) is 0 Å². The summed E-state index contributed by atoms with van der Waals surface area (Å²) in [6.07, 6.45) is 0.595. The van der Waals surface area contributed by atoms with Crippen molar-refractivity contribution in [3.05, 3.63) is 0 Å². The van der Waals surface area contributed by atoms with Gasteiger partial charge in [0.15, 0.2) is 0 Å². The summed E-state index contributed by atoms with van der Waals surface area (Å²) in [7, 11) is 0. The molecule has 1 unspecified atom stereocenters. The van der Waals surface area contributed by atoms with Crippen molar-refractivity contribution in [2.45, 2.75) is 26.2 Å². The molecule has 1 rings (SSSR count). The third-order valence-corrected chi connectivity index (χ3v) is 2.38. The van der Waals surface area contributed by atoms with Crippen LogP contribution in [0, 0.1) is 5.92 Å². The number of nitrogens with zero attached hydrogens (tertiary/aromatic N) is 1. The van der Waals surface area contributed by atoms with Gasteiger partial charge in [0.2, 0.25) is 11.8 Å². The van der Waals surface area contributed by atoms with E-state index in [1.54, 1.807) is 6.92 Å². The average molecular weight is 199 g/mol. The van der Waals surface area contributed by atoms with Gasteiger partial charge in [0.25, 0.3) is 0 Å². The molecule has 0 bridgehead atoms. The highest BCUT2D eigenvalue weighted by Crippen LogP contribution is 2.18. The van der Waals surface area contributed by atoms with Gasteiger partial charge in [-0.1, -0.05) is 6.92 Å². The summed E-state index contributed by atoms with van der Waals surface area (Å²) < 4.78 is 0. The number of piperidine rings is 1. The Morgan fingerprint density at radius 1 is 1.57 bits per heavy atom. The number of rotatable bonds is 2. The molecular weight excluding hydrogens is 186 g/mol. The second-order valence-electron chi connectivity index (χ2n) is 3.32. The normalized spacial score (nSPS) is 22.2. The van der Waals surface area contributed by atoms with Crippen LogP contribution in [0.15, 0.2) is 0 Å². The van der Waals surface area contributed by atoms with Gasteiger partial charge in [0.1, 0.15) is 0 Å². The van der Waals surface area contributed by atoms with E-state index in [2.05, 4.69) is 0 Å². The van der Waals surface area contributed by atoms with E-state index in [1.807, 2.05) is 0 Å². The van der Waals surface area contributed by atoms with Crippen molar-refractivity contribution in [2.75, 3.05) is 6.54 Å². The molecule has 1 fully saturated rings. The fourth-order valence-electron chi connectivity index (χ4n) is 1.50. The molecule has 1 atom stereocenters. The van der Waals surface area contributed by atoms with Crippen LogP contribution in [0.1, 0.15) is 26.2 Å². The summed E-state index contributed by atoms with van der Waals surface area (Å²) in [6.45, 7) is 1.92. The predicted octanol–water partition coefficient (Wildman–Crippen LogP) is 0.246. The highest BCUT2D eigenvalue weighted by molar-refractivity contribution is 5.97. The molecule has 0 aliphatic carbocycles. The molecule has 5 nitrogen and oxygen atoms in total. The number of carboxylic acid groups (broad SMARTS) is 1. The maximum atomic E-state index is 11.4. The molecule has 0 aromatic heterocycles. The van der Waals surface area contributed by atoms with E-state index >= 15 is 0 Å². The molecule has 2 amide bonds. The molecule has 0 saturated carbocycles. The first kappa shape index (κ1) is 10.7. The molecule has 14 heavy (non-hydrogen) atoms. The number of imide groups is 1. The van der Waals surface area contributed by atoms with Gasteiger partial charge in [0.05, 0.1) is 5.92 Å². The first-order valence-corrected chi connectivity index (χ1v) is 4.62. The molecule has 0 aromatic carbocycles. The van der Waals surface area contributed by atoms with E-state index in [4.69, 9.17) is 5.11 Å². The molecule has 0 aromatic rings. The van der Waals surface area contributed by atoms with Crippen molar-refractivity contribution >= 4 is 17.8 Å². The van der Waals surface area contributed by atoms with Crippen LogP contribution in [0.2, 0.25) is 0 Å². The Hall–Kier alpha value is -1.39. The fourth-order valence-corrected chi connectivity index (χ4v) is 1.50. The largest absolute Gasteiger partial charge is 0.481 e. The van der Waals surface area contributed by atoms with Crippen LogP contribution in [0.25, 0.3) is 0 Å². The molecule has 0 radical (unpaired) electrons. The average Bonchev–Trinajstić information content (AvgIpc) is 2.16. The second kappa shape index (κ2) is 4.21. The minimum Gasteiger partial charge on any atom is -0.481 e. The van der Waals surface area contributed by atoms with E-state index in [0.717, 1.165) is 4.90 Å². The van der Waals surface area contributed by atoms with E-state index in [9.17, 15) is 14.4 Å². The standard InChI is InChI=1S/C9H13NO4/c1-2-7(11)10-4-3-6(9(13)14)5-8(10)12/h6H,2-5H2,1H3,(H,13,14). The summed E-state index contributed by atoms with van der Waals surface area (Å²) >= 11 is 0. The lowest BCUT2D eigenvalue weighted by atomic mass is 9.96. The number of aliphatic carboxylic acids is 1. The van der Waals surface area contributed by atoms with Gasteiger partial charge in [-0.2, -0.15) is 0 Å². The van der Waals surface area contributed by atoms with E-state index in [-0.39, 0.29) is 31.2 Å². The quantitative estimate of drug-likeness (QED) is 0.691. The molecule has 5 heteroatoms. The Morgan fingerprint density at radius 2 is 2.21 bits per heavy atom. The Balaban J connectivity index is 2.61. The van der Waals surface area contributed by atoms with E-state index < -0.39 is 11.9 Å². The number of carboxylic acids is 1. The third kappa shape index (κ3) is 2.10. The molecule has 1 heterocycles. The summed E-state index contributed by atoms with van der Waals surface area (Å²) in [5, 5.41) is 8.68. The van der Waals surface area contributed by atoms with E-state index in [1.165, 1.54) is 0 Å². The Bertz CT molecular complexity index is 274. The van der Waals surface area contributed by atoms with Crippen LogP contribution in [-0.2, 0) is 14.4 Å². The third-order valence-electron chi connectivity index (χ3n) is 2.38. The Labute approximate surface area is 81.7 Å². The minimum absolute atomic E-state index is 0.0545. The topological polar surface area (TPSA) is 74.7 Å². The van der Waals surface area contributed by atoms with Gasteiger partial charge in [-0.15, -0.1) is 0 Å². The number of carbonyl (C=O) groups is 3. The van der Waals surface area contributed by atoms with Crippen LogP contribution < -0.4 is 0 Å². The minimum atomic E-state index is -0.957. The van der Waals surface area contributed by atoms with Gasteiger partial charge in [-0.05, 0) is 6.42 Å². The molecule has 78 valence electrons. The van der Waals surface area contributed by atoms with Crippen molar-refractivity contribution in [1.29, 1.82) is 0 Å². The van der Waals surface area contributed by atoms with Crippen molar-refractivity contribution in [2.24, 2.45) is 5.92 Å². The first-order valence-electron chi connectivity index (χ1n) is 4.62. The number of hydrogen-bond acceptors (Lipinski definition) is 3. The number of likely N-dealkylation sites (tertiary alicyclic amines) is 1. The zero-order chi connectivity index (χ0) is 10.7. The van der Waals surface area contributed by atoms with Crippen molar-refractivity contribution < 1.29 is 19.5 Å². The highest BCUT2D eigenvalue weighted by Gasteiger charge is 2.32. The summed E-state index contributed by atoms with van der Waals surface area (Å²) in [4.78, 5) is 34.3. The van der Waals surface area contributed by atoms with Crippen LogP contribution in [-0.4, -0.2) is 34.3 Å². The molecular formula is C9H13NO4. The lowest BCUT2D eigenvalue weighted by molar-refractivity contribution is -0.154. The van der Waals surface area contributed by atoms with Gasteiger partial charge < -0.3 is 5.11 Å². The van der Waals surface area contributed by atoms with Crippen LogP contribution >= 0.6 is 0 Å². The number of carbonyl (C=O) groups excluding carboxylic acids is 2. The number of hydrogen-bond donors (Lipinski definition) is 1. The van der Waals surface area contributed by atoms with Crippen LogP contribution in [0.5, 0.6) is 0 Å². The molecule has 1 saturated heterocycles. The maximum Gasteiger partial charge on any atom is 0.307 e. The van der Waals surface area contributed by atoms with Gasteiger partial charge in [-0.3, -0.25) is 19.3 Å². The van der Waals surface area contributed by atoms with Crippen LogP contribution in [0.4, 0.5) is 0 Å². The summed E-state index contributed by atoms with van der Waals surface area (Å²) in [5.74, 6) is -2.17. The summed E-state index contributed by atoms with van der Waals surface area (Å²) in [6, 6.07) is 0. The van der Waals surface area contributed by atoms with Crippen LogP contribution in [0.3, 0.4) is 0 Å². The second-order valence-corrected chi connectivity index (χ2v) is 3.32. The van der Waals surface area contributed by atoms with Crippen molar-refractivity contribution in [3.8, 4) is 0 Å².